The van der Waals surface area contributed by atoms with Crippen LogP contribution in [0.25, 0.3) is 0 Å². The Balaban J connectivity index is 1.78. The van der Waals surface area contributed by atoms with Gasteiger partial charge in [-0.05, 0) is 31.9 Å². The highest BCUT2D eigenvalue weighted by Crippen LogP contribution is 2.12. The normalized spacial score (nSPS) is 23.6. The van der Waals surface area contributed by atoms with Gasteiger partial charge in [0.1, 0.15) is 0 Å². The van der Waals surface area contributed by atoms with Crippen molar-refractivity contribution in [2.24, 2.45) is 0 Å². The summed E-state index contributed by atoms with van der Waals surface area (Å²) in [5, 5.41) is 7.09. The predicted molar refractivity (Wildman–Crippen MR) is 72.5 cm³/mol. The van der Waals surface area contributed by atoms with E-state index in [0.29, 0.717) is 18.1 Å². The second-order valence-electron chi connectivity index (χ2n) is 5.04. The van der Waals surface area contributed by atoms with Crippen molar-refractivity contribution in [1.29, 1.82) is 0 Å². The molecule has 0 amide bonds. The number of ether oxygens (including phenoxy) is 1. The minimum atomic E-state index is 0.332. The zero-order valence-corrected chi connectivity index (χ0v) is 11.2. The fourth-order valence-corrected chi connectivity index (χ4v) is 2.42. The number of pyridine rings is 1. The molecule has 1 aliphatic heterocycles. The Labute approximate surface area is 109 Å². The highest BCUT2D eigenvalue weighted by molar-refractivity contribution is 5.12. The van der Waals surface area contributed by atoms with E-state index in [4.69, 9.17) is 4.74 Å². The molecule has 2 heterocycles. The van der Waals surface area contributed by atoms with Gasteiger partial charge >= 0.3 is 0 Å². The topological polar surface area (TPSA) is 46.2 Å². The van der Waals surface area contributed by atoms with Crippen molar-refractivity contribution in [2.45, 2.75) is 38.4 Å². The predicted octanol–water partition coefficient (Wildman–Crippen LogP) is 1.50. The van der Waals surface area contributed by atoms with Crippen molar-refractivity contribution in [3.63, 3.8) is 0 Å². The fraction of sp³-hybridized carbons (Fsp3) is 0.643. The van der Waals surface area contributed by atoms with Gasteiger partial charge in [-0.3, -0.25) is 4.98 Å². The lowest BCUT2D eigenvalue weighted by Gasteiger charge is -2.28. The van der Waals surface area contributed by atoms with Crippen LogP contribution in [0.1, 0.15) is 31.9 Å². The lowest BCUT2D eigenvalue weighted by Crippen LogP contribution is -2.45. The summed E-state index contributed by atoms with van der Waals surface area (Å²) >= 11 is 0. The Kier molecular flexibility index (Phi) is 5.11. The second-order valence-corrected chi connectivity index (χ2v) is 5.04. The molecule has 4 heteroatoms. The van der Waals surface area contributed by atoms with Crippen LogP contribution in [0.2, 0.25) is 0 Å². The maximum absolute atomic E-state index is 5.47. The van der Waals surface area contributed by atoms with Gasteiger partial charge in [-0.2, -0.15) is 0 Å². The molecule has 1 saturated heterocycles. The van der Waals surface area contributed by atoms with E-state index >= 15 is 0 Å². The van der Waals surface area contributed by atoms with Crippen LogP contribution in [-0.4, -0.2) is 36.8 Å². The van der Waals surface area contributed by atoms with Gasteiger partial charge in [-0.1, -0.05) is 6.07 Å². The molecule has 1 aromatic rings. The molecule has 2 rings (SSSR count). The van der Waals surface area contributed by atoms with Gasteiger partial charge in [0.15, 0.2) is 0 Å². The Morgan fingerprint density at radius 3 is 3.11 bits per heavy atom. The van der Waals surface area contributed by atoms with Crippen LogP contribution in [0.5, 0.6) is 0 Å². The van der Waals surface area contributed by atoms with Crippen molar-refractivity contribution in [2.75, 3.05) is 19.8 Å². The highest BCUT2D eigenvalue weighted by Gasteiger charge is 2.17. The molecule has 0 spiro atoms. The SMILES string of the molecule is CC(CC1COCCN1)NC(C)c1cccnc1. The Morgan fingerprint density at radius 2 is 2.44 bits per heavy atom. The molecule has 1 fully saturated rings. The number of morpholine rings is 1. The van der Waals surface area contributed by atoms with E-state index in [2.05, 4.69) is 35.5 Å². The van der Waals surface area contributed by atoms with E-state index in [1.807, 2.05) is 18.5 Å². The quantitative estimate of drug-likeness (QED) is 0.830. The first-order chi connectivity index (χ1) is 8.75. The molecular weight excluding hydrogens is 226 g/mol. The third-order valence-corrected chi connectivity index (χ3v) is 3.36. The molecule has 4 nitrogen and oxygen atoms in total. The maximum atomic E-state index is 5.47. The lowest BCUT2D eigenvalue weighted by atomic mass is 10.1. The Morgan fingerprint density at radius 1 is 1.56 bits per heavy atom. The lowest BCUT2D eigenvalue weighted by molar-refractivity contribution is 0.0708. The standard InChI is InChI=1S/C14H23N3O/c1-11(8-14-10-18-7-6-16-14)17-12(2)13-4-3-5-15-9-13/h3-5,9,11-12,14,16-17H,6-8,10H2,1-2H3. The summed E-state index contributed by atoms with van der Waals surface area (Å²) in [5.74, 6) is 0. The van der Waals surface area contributed by atoms with Crippen LogP contribution in [0.3, 0.4) is 0 Å². The highest BCUT2D eigenvalue weighted by atomic mass is 16.5. The molecule has 18 heavy (non-hydrogen) atoms. The van der Waals surface area contributed by atoms with Crippen molar-refractivity contribution in [1.82, 2.24) is 15.6 Å². The summed E-state index contributed by atoms with van der Waals surface area (Å²) in [6.07, 6.45) is 4.82. The van der Waals surface area contributed by atoms with Gasteiger partial charge in [-0.15, -0.1) is 0 Å². The number of rotatable bonds is 5. The molecule has 2 N–H and O–H groups in total. The number of aromatic nitrogens is 1. The van der Waals surface area contributed by atoms with Crippen LogP contribution >= 0.6 is 0 Å². The monoisotopic (exact) mass is 249 g/mol. The first-order valence-electron chi connectivity index (χ1n) is 6.73. The van der Waals surface area contributed by atoms with Gasteiger partial charge in [0, 0.05) is 37.1 Å². The molecular formula is C14H23N3O. The van der Waals surface area contributed by atoms with Crippen LogP contribution in [0.15, 0.2) is 24.5 Å². The van der Waals surface area contributed by atoms with Crippen LogP contribution in [0.4, 0.5) is 0 Å². The summed E-state index contributed by atoms with van der Waals surface area (Å²) in [4.78, 5) is 4.16. The zero-order valence-electron chi connectivity index (χ0n) is 11.2. The zero-order chi connectivity index (χ0) is 12.8. The second kappa shape index (κ2) is 6.83. The summed E-state index contributed by atoms with van der Waals surface area (Å²) < 4.78 is 5.47. The molecule has 0 bridgehead atoms. The fourth-order valence-electron chi connectivity index (χ4n) is 2.42. The van der Waals surface area contributed by atoms with Gasteiger partial charge in [0.2, 0.25) is 0 Å². The van der Waals surface area contributed by atoms with E-state index in [9.17, 15) is 0 Å². The summed E-state index contributed by atoms with van der Waals surface area (Å²) in [6, 6.07) is 5.36. The molecule has 0 aliphatic carbocycles. The average molecular weight is 249 g/mol. The smallest absolute Gasteiger partial charge is 0.0620 e. The number of hydrogen-bond acceptors (Lipinski definition) is 4. The van der Waals surface area contributed by atoms with E-state index < -0.39 is 0 Å². The average Bonchev–Trinajstić information content (AvgIpc) is 2.40. The largest absolute Gasteiger partial charge is 0.379 e. The third-order valence-electron chi connectivity index (χ3n) is 3.36. The van der Waals surface area contributed by atoms with Gasteiger partial charge < -0.3 is 15.4 Å². The van der Waals surface area contributed by atoms with E-state index in [-0.39, 0.29) is 0 Å². The molecule has 0 radical (unpaired) electrons. The van der Waals surface area contributed by atoms with Crippen LogP contribution in [-0.2, 0) is 4.74 Å². The molecule has 100 valence electrons. The van der Waals surface area contributed by atoms with Gasteiger partial charge in [0.25, 0.3) is 0 Å². The minimum Gasteiger partial charge on any atom is -0.379 e. The van der Waals surface area contributed by atoms with E-state index in [0.717, 1.165) is 26.2 Å². The number of nitrogens with one attached hydrogen (secondary N) is 2. The summed E-state index contributed by atoms with van der Waals surface area (Å²) in [5.41, 5.74) is 1.23. The Hall–Kier alpha value is -0.970. The van der Waals surface area contributed by atoms with Crippen molar-refractivity contribution in [3.8, 4) is 0 Å². The van der Waals surface area contributed by atoms with Crippen molar-refractivity contribution < 1.29 is 4.74 Å². The van der Waals surface area contributed by atoms with E-state index in [1.165, 1.54) is 5.56 Å². The summed E-state index contributed by atoms with van der Waals surface area (Å²) in [6.45, 7) is 7.04. The molecule has 0 aromatic carbocycles. The number of nitrogens with zero attached hydrogens (tertiary/aromatic N) is 1. The molecule has 1 aromatic heterocycles. The molecule has 1 aliphatic rings. The van der Waals surface area contributed by atoms with Crippen molar-refractivity contribution >= 4 is 0 Å². The Bertz CT molecular complexity index is 338. The molecule has 3 unspecified atom stereocenters. The minimum absolute atomic E-state index is 0.332. The van der Waals surface area contributed by atoms with Gasteiger partial charge in [0.05, 0.1) is 13.2 Å². The first kappa shape index (κ1) is 13.5. The summed E-state index contributed by atoms with van der Waals surface area (Å²) in [7, 11) is 0. The molecule has 3 atom stereocenters. The van der Waals surface area contributed by atoms with Crippen molar-refractivity contribution in [3.05, 3.63) is 30.1 Å². The van der Waals surface area contributed by atoms with Gasteiger partial charge in [-0.25, -0.2) is 0 Å². The van der Waals surface area contributed by atoms with Crippen LogP contribution in [0, 0.1) is 0 Å². The number of hydrogen-bond donors (Lipinski definition) is 2. The maximum Gasteiger partial charge on any atom is 0.0620 e. The van der Waals surface area contributed by atoms with Crippen LogP contribution < -0.4 is 10.6 Å². The first-order valence-corrected chi connectivity index (χ1v) is 6.73. The third kappa shape index (κ3) is 4.05. The molecule has 0 saturated carbocycles. The van der Waals surface area contributed by atoms with E-state index in [1.54, 1.807) is 0 Å².